The normalized spacial score (nSPS) is 20.0. The van der Waals surface area contributed by atoms with Crippen LogP contribution in [0.25, 0.3) is 11.0 Å². The van der Waals surface area contributed by atoms with E-state index in [0.29, 0.717) is 10.8 Å². The molecule has 4 rings (SSSR count). The number of carbonyl (C=O) groups is 2. The van der Waals surface area contributed by atoms with E-state index in [0.717, 1.165) is 36.7 Å². The van der Waals surface area contributed by atoms with E-state index in [-0.39, 0.29) is 18.5 Å². The second-order valence-corrected chi connectivity index (χ2v) is 6.77. The summed E-state index contributed by atoms with van der Waals surface area (Å²) in [6, 6.07) is 5.15. The number of nitrogens with one attached hydrogen (secondary N) is 1. The van der Waals surface area contributed by atoms with E-state index in [4.69, 9.17) is 11.6 Å². The minimum Gasteiger partial charge on any atom is -0.330 e. The number of hydrogen-bond acceptors (Lipinski definition) is 3. The molecule has 1 aliphatic carbocycles. The summed E-state index contributed by atoms with van der Waals surface area (Å²) in [7, 11) is 1.88. The van der Waals surface area contributed by atoms with Crippen LogP contribution in [0.15, 0.2) is 18.2 Å². The average Bonchev–Trinajstić information content (AvgIpc) is 3.15. The van der Waals surface area contributed by atoms with E-state index < -0.39 is 5.54 Å². The van der Waals surface area contributed by atoms with E-state index in [1.54, 1.807) is 12.1 Å². The first-order valence-corrected chi connectivity index (χ1v) is 8.13. The predicted octanol–water partition coefficient (Wildman–Crippen LogP) is 2.59. The topological polar surface area (TPSA) is 67.2 Å². The second-order valence-electron chi connectivity index (χ2n) is 6.33. The Morgan fingerprint density at radius 3 is 2.78 bits per heavy atom. The number of carbonyl (C=O) groups excluding carboxylic acids is 2. The molecular formula is C16H17ClN4O2. The average molecular weight is 333 g/mol. The zero-order chi connectivity index (χ0) is 16.2. The lowest BCUT2D eigenvalue weighted by Crippen LogP contribution is -2.44. The summed E-state index contributed by atoms with van der Waals surface area (Å²) in [5, 5.41) is 3.50. The van der Waals surface area contributed by atoms with Crippen molar-refractivity contribution < 1.29 is 9.59 Å². The van der Waals surface area contributed by atoms with Gasteiger partial charge in [-0.25, -0.2) is 9.78 Å². The highest BCUT2D eigenvalue weighted by Gasteiger charge is 2.52. The number of aryl methyl sites for hydroxylation is 1. The third kappa shape index (κ3) is 2.12. The van der Waals surface area contributed by atoms with Crippen LogP contribution >= 0.6 is 11.6 Å². The Bertz CT molecular complexity index is 823. The highest BCUT2D eigenvalue weighted by atomic mass is 35.5. The van der Waals surface area contributed by atoms with Gasteiger partial charge in [-0.1, -0.05) is 24.4 Å². The number of rotatable bonds is 2. The van der Waals surface area contributed by atoms with Crippen LogP contribution in [0.5, 0.6) is 0 Å². The van der Waals surface area contributed by atoms with Gasteiger partial charge >= 0.3 is 6.03 Å². The number of urea groups is 1. The summed E-state index contributed by atoms with van der Waals surface area (Å²) in [6.07, 6.45) is 3.41. The third-order valence-electron chi connectivity index (χ3n) is 4.94. The summed E-state index contributed by atoms with van der Waals surface area (Å²) < 4.78 is 1.89. The first kappa shape index (κ1) is 14.5. The maximum atomic E-state index is 12.7. The summed E-state index contributed by atoms with van der Waals surface area (Å²) in [4.78, 5) is 30.8. The Kier molecular flexibility index (Phi) is 3.13. The molecule has 2 aromatic rings. The number of fused-ring (bicyclic) bond motifs is 1. The van der Waals surface area contributed by atoms with Gasteiger partial charge in [0.1, 0.15) is 11.4 Å². The van der Waals surface area contributed by atoms with Crippen molar-refractivity contribution >= 4 is 34.6 Å². The van der Waals surface area contributed by atoms with Crippen LogP contribution in [-0.2, 0) is 18.4 Å². The lowest BCUT2D eigenvalue weighted by atomic mass is 9.98. The summed E-state index contributed by atoms with van der Waals surface area (Å²) in [5.74, 6) is 0.547. The van der Waals surface area contributed by atoms with Crippen molar-refractivity contribution in [2.24, 2.45) is 7.05 Å². The Morgan fingerprint density at radius 1 is 1.30 bits per heavy atom. The van der Waals surface area contributed by atoms with Crippen LogP contribution < -0.4 is 5.32 Å². The highest BCUT2D eigenvalue weighted by Crippen LogP contribution is 2.35. The smallest absolute Gasteiger partial charge is 0.325 e. The molecule has 0 unspecified atom stereocenters. The number of amides is 3. The molecule has 3 amide bonds. The maximum Gasteiger partial charge on any atom is 0.325 e. The first-order valence-electron chi connectivity index (χ1n) is 7.75. The Balaban J connectivity index is 1.67. The number of imide groups is 1. The molecule has 1 N–H and O–H groups in total. The second kappa shape index (κ2) is 4.96. The van der Waals surface area contributed by atoms with Gasteiger partial charge in [-0.3, -0.25) is 9.69 Å². The molecule has 6 nitrogen and oxygen atoms in total. The van der Waals surface area contributed by atoms with Crippen molar-refractivity contribution in [3.63, 3.8) is 0 Å². The molecule has 1 spiro atoms. The molecule has 23 heavy (non-hydrogen) atoms. The van der Waals surface area contributed by atoms with Crippen molar-refractivity contribution in [1.29, 1.82) is 0 Å². The molecule has 2 heterocycles. The van der Waals surface area contributed by atoms with Gasteiger partial charge in [0.05, 0.1) is 17.6 Å². The third-order valence-corrected chi connectivity index (χ3v) is 5.17. The van der Waals surface area contributed by atoms with Gasteiger partial charge in [-0.05, 0) is 31.0 Å². The lowest BCUT2D eigenvalue weighted by molar-refractivity contribution is -0.131. The van der Waals surface area contributed by atoms with Crippen LogP contribution in [0.3, 0.4) is 0 Å². The van der Waals surface area contributed by atoms with Gasteiger partial charge < -0.3 is 9.88 Å². The SMILES string of the molecule is Cn1c(CN2C(=O)NC3(CCCC3)C2=O)nc2cc(Cl)ccc21. The van der Waals surface area contributed by atoms with Crippen LogP contribution in [0.1, 0.15) is 31.5 Å². The molecule has 1 aromatic carbocycles. The van der Waals surface area contributed by atoms with Crippen molar-refractivity contribution in [3.8, 4) is 0 Å². The zero-order valence-corrected chi connectivity index (χ0v) is 13.6. The highest BCUT2D eigenvalue weighted by molar-refractivity contribution is 6.31. The number of aromatic nitrogens is 2. The predicted molar refractivity (Wildman–Crippen MR) is 86.0 cm³/mol. The number of halogens is 1. The monoisotopic (exact) mass is 332 g/mol. The van der Waals surface area contributed by atoms with Crippen LogP contribution in [-0.4, -0.2) is 31.9 Å². The molecule has 1 saturated heterocycles. The van der Waals surface area contributed by atoms with E-state index in [9.17, 15) is 9.59 Å². The molecule has 0 atom stereocenters. The molecule has 1 aliphatic heterocycles. The Labute approximate surface area is 138 Å². The molecule has 120 valence electrons. The minimum absolute atomic E-state index is 0.120. The van der Waals surface area contributed by atoms with Gasteiger partial charge in [-0.2, -0.15) is 0 Å². The van der Waals surface area contributed by atoms with Crippen LogP contribution in [0.4, 0.5) is 4.79 Å². The maximum absolute atomic E-state index is 12.7. The van der Waals surface area contributed by atoms with Crippen molar-refractivity contribution in [3.05, 3.63) is 29.0 Å². The molecule has 0 bridgehead atoms. The van der Waals surface area contributed by atoms with Crippen LogP contribution in [0, 0.1) is 0 Å². The quantitative estimate of drug-likeness (QED) is 0.859. The summed E-state index contributed by atoms with van der Waals surface area (Å²) in [5.41, 5.74) is 1.01. The fraction of sp³-hybridized carbons (Fsp3) is 0.438. The zero-order valence-electron chi connectivity index (χ0n) is 12.8. The fourth-order valence-electron chi connectivity index (χ4n) is 3.64. The molecule has 2 fully saturated rings. The largest absolute Gasteiger partial charge is 0.330 e. The molecule has 1 saturated carbocycles. The van der Waals surface area contributed by atoms with E-state index in [1.807, 2.05) is 17.7 Å². The van der Waals surface area contributed by atoms with E-state index in [1.165, 1.54) is 4.90 Å². The molecule has 2 aliphatic rings. The van der Waals surface area contributed by atoms with Gasteiger partial charge in [0.2, 0.25) is 0 Å². The molecule has 7 heteroatoms. The number of imidazole rings is 1. The fourth-order valence-corrected chi connectivity index (χ4v) is 3.81. The van der Waals surface area contributed by atoms with E-state index in [2.05, 4.69) is 10.3 Å². The molecular weight excluding hydrogens is 316 g/mol. The van der Waals surface area contributed by atoms with Gasteiger partial charge in [0.15, 0.2) is 0 Å². The number of hydrogen-bond donors (Lipinski definition) is 1. The van der Waals surface area contributed by atoms with Crippen molar-refractivity contribution in [2.45, 2.75) is 37.8 Å². The number of nitrogens with zero attached hydrogens (tertiary/aromatic N) is 3. The van der Waals surface area contributed by atoms with Gasteiger partial charge in [0.25, 0.3) is 5.91 Å². The van der Waals surface area contributed by atoms with Gasteiger partial charge in [0, 0.05) is 12.1 Å². The van der Waals surface area contributed by atoms with Gasteiger partial charge in [-0.15, -0.1) is 0 Å². The Morgan fingerprint density at radius 2 is 2.04 bits per heavy atom. The molecule has 0 radical (unpaired) electrons. The van der Waals surface area contributed by atoms with Crippen molar-refractivity contribution in [2.75, 3.05) is 0 Å². The Hall–Kier alpha value is -2.08. The first-order chi connectivity index (χ1) is 11.0. The lowest BCUT2D eigenvalue weighted by Gasteiger charge is -2.19. The summed E-state index contributed by atoms with van der Waals surface area (Å²) >= 11 is 6.00. The minimum atomic E-state index is -0.676. The molecule has 1 aromatic heterocycles. The van der Waals surface area contributed by atoms with Crippen molar-refractivity contribution in [1.82, 2.24) is 19.8 Å². The van der Waals surface area contributed by atoms with Crippen LogP contribution in [0.2, 0.25) is 5.02 Å². The number of benzene rings is 1. The summed E-state index contributed by atoms with van der Waals surface area (Å²) in [6.45, 7) is 0.176. The standard InChI is InChI=1S/C16H17ClN4O2/c1-20-12-5-4-10(17)8-11(12)18-13(20)9-21-14(22)16(19-15(21)23)6-2-3-7-16/h4-5,8H,2-3,6-7,9H2,1H3,(H,19,23). The van der Waals surface area contributed by atoms with E-state index >= 15 is 0 Å².